The highest BCUT2D eigenvalue weighted by molar-refractivity contribution is 5.94. The summed E-state index contributed by atoms with van der Waals surface area (Å²) in [7, 11) is 0. The first-order chi connectivity index (χ1) is 15.6. The van der Waals surface area contributed by atoms with Crippen LogP contribution in [0.15, 0.2) is 60.7 Å². The molecule has 1 aliphatic carbocycles. The maximum atomic E-state index is 12.4. The number of esters is 1. The summed E-state index contributed by atoms with van der Waals surface area (Å²) in [6, 6.07) is 12.7. The van der Waals surface area contributed by atoms with Gasteiger partial charge in [0.15, 0.2) is 0 Å². The minimum absolute atomic E-state index is 0.161. The van der Waals surface area contributed by atoms with E-state index in [0.29, 0.717) is 38.0 Å². The van der Waals surface area contributed by atoms with E-state index >= 15 is 0 Å². The summed E-state index contributed by atoms with van der Waals surface area (Å²) >= 11 is 0. The number of hydrogen-bond acceptors (Lipinski definition) is 4. The summed E-state index contributed by atoms with van der Waals surface area (Å²) in [5, 5.41) is 2.81. The first-order valence-electron chi connectivity index (χ1n) is 10.7. The molecule has 2 aromatic rings. The molecule has 33 heavy (non-hydrogen) atoms. The van der Waals surface area contributed by atoms with Crippen molar-refractivity contribution >= 4 is 11.9 Å². The number of ether oxygens (including phenoxy) is 2. The number of carbonyl (C=O) groups is 2. The topological polar surface area (TPSA) is 64.6 Å². The number of halogens is 3. The minimum Gasteiger partial charge on any atom is -0.465 e. The Hall–Kier alpha value is -3.29. The van der Waals surface area contributed by atoms with Crippen LogP contribution in [-0.4, -0.2) is 31.4 Å². The molecule has 2 aliphatic rings. The lowest BCUT2D eigenvalue weighted by atomic mass is 9.75. The second-order valence-electron chi connectivity index (χ2n) is 8.65. The lowest BCUT2D eigenvalue weighted by Gasteiger charge is -2.24. The number of amides is 1. The van der Waals surface area contributed by atoms with Gasteiger partial charge in [0.05, 0.1) is 12.0 Å². The lowest BCUT2D eigenvalue weighted by Crippen LogP contribution is -2.31. The van der Waals surface area contributed by atoms with Gasteiger partial charge in [0.25, 0.3) is 5.91 Å². The Balaban J connectivity index is 1.29. The van der Waals surface area contributed by atoms with Crippen LogP contribution in [0.25, 0.3) is 0 Å². The van der Waals surface area contributed by atoms with Gasteiger partial charge in [-0.2, -0.15) is 0 Å². The molecule has 2 unspecified atom stereocenters. The zero-order valence-corrected chi connectivity index (χ0v) is 17.9. The van der Waals surface area contributed by atoms with Crippen LogP contribution in [0.4, 0.5) is 13.2 Å². The van der Waals surface area contributed by atoms with Crippen molar-refractivity contribution in [3.05, 3.63) is 77.4 Å². The standard InChI is InChI=1S/C25H24F3NO4/c1-16-12-20-15-32-23(31)24(20,13-16)14-18-2-6-19(7-3-18)22(30)29-11-10-17-4-8-21(9-5-17)33-25(26,27)28/h2-9,20H,1,10-15H2,(H,29,30). The second-order valence-corrected chi connectivity index (χ2v) is 8.65. The van der Waals surface area contributed by atoms with Crippen LogP contribution in [0.2, 0.25) is 0 Å². The van der Waals surface area contributed by atoms with Crippen molar-refractivity contribution in [3.8, 4) is 5.75 Å². The van der Waals surface area contributed by atoms with E-state index in [0.717, 1.165) is 23.1 Å². The molecule has 1 amide bonds. The average molecular weight is 459 g/mol. The molecule has 1 aliphatic heterocycles. The Morgan fingerprint density at radius 3 is 2.45 bits per heavy atom. The molecule has 0 aromatic heterocycles. The molecular weight excluding hydrogens is 435 g/mol. The average Bonchev–Trinajstić information content (AvgIpc) is 3.22. The molecule has 5 nitrogen and oxygen atoms in total. The van der Waals surface area contributed by atoms with E-state index in [1.165, 1.54) is 24.3 Å². The maximum Gasteiger partial charge on any atom is 0.573 e. The zero-order chi connectivity index (χ0) is 23.6. The minimum atomic E-state index is -4.72. The van der Waals surface area contributed by atoms with E-state index < -0.39 is 11.8 Å². The number of rotatable bonds is 7. The van der Waals surface area contributed by atoms with Crippen molar-refractivity contribution in [2.45, 2.75) is 32.0 Å². The van der Waals surface area contributed by atoms with Crippen molar-refractivity contribution in [3.63, 3.8) is 0 Å². The van der Waals surface area contributed by atoms with Crippen molar-refractivity contribution in [2.24, 2.45) is 11.3 Å². The van der Waals surface area contributed by atoms with Crippen molar-refractivity contribution in [2.75, 3.05) is 13.2 Å². The van der Waals surface area contributed by atoms with Gasteiger partial charge in [-0.3, -0.25) is 9.59 Å². The molecule has 0 spiro atoms. The van der Waals surface area contributed by atoms with E-state index in [1.54, 1.807) is 12.1 Å². The highest BCUT2D eigenvalue weighted by Gasteiger charge is 2.55. The fraction of sp³-hybridized carbons (Fsp3) is 0.360. The number of hydrogen-bond donors (Lipinski definition) is 1. The summed E-state index contributed by atoms with van der Waals surface area (Å²) < 4.78 is 45.8. The predicted octanol–water partition coefficient (Wildman–Crippen LogP) is 4.61. The first kappa shape index (κ1) is 22.9. The summed E-state index contributed by atoms with van der Waals surface area (Å²) in [5.41, 5.74) is 2.77. The molecule has 2 atom stereocenters. The van der Waals surface area contributed by atoms with Crippen LogP contribution in [-0.2, 0) is 22.4 Å². The van der Waals surface area contributed by atoms with Crippen molar-refractivity contribution in [1.29, 1.82) is 0 Å². The number of cyclic esters (lactones) is 1. The van der Waals surface area contributed by atoms with Crippen LogP contribution in [0.3, 0.4) is 0 Å². The van der Waals surface area contributed by atoms with Gasteiger partial charge in [0.2, 0.25) is 0 Å². The third kappa shape index (κ3) is 5.21. The third-order valence-corrected chi connectivity index (χ3v) is 6.30. The fourth-order valence-corrected chi connectivity index (χ4v) is 4.68. The quantitative estimate of drug-likeness (QED) is 0.485. The molecule has 2 aromatic carbocycles. The highest BCUT2D eigenvalue weighted by Crippen LogP contribution is 2.52. The molecule has 0 bridgehead atoms. The van der Waals surface area contributed by atoms with Crippen LogP contribution < -0.4 is 10.1 Å². The first-order valence-corrected chi connectivity index (χ1v) is 10.7. The monoisotopic (exact) mass is 459 g/mol. The van der Waals surface area contributed by atoms with Crippen LogP contribution in [0.1, 0.15) is 34.3 Å². The number of nitrogens with one attached hydrogen (secondary N) is 1. The van der Waals surface area contributed by atoms with Gasteiger partial charge < -0.3 is 14.8 Å². The lowest BCUT2D eigenvalue weighted by molar-refractivity contribution is -0.274. The van der Waals surface area contributed by atoms with E-state index in [2.05, 4.69) is 16.6 Å². The van der Waals surface area contributed by atoms with Crippen molar-refractivity contribution in [1.82, 2.24) is 5.32 Å². The molecule has 1 heterocycles. The molecule has 2 fully saturated rings. The Labute approximate surface area is 189 Å². The molecule has 4 rings (SSSR count). The van der Waals surface area contributed by atoms with Gasteiger partial charge in [0.1, 0.15) is 5.75 Å². The number of benzene rings is 2. The Morgan fingerprint density at radius 2 is 1.79 bits per heavy atom. The Morgan fingerprint density at radius 1 is 1.12 bits per heavy atom. The van der Waals surface area contributed by atoms with E-state index in [1.807, 2.05) is 12.1 Å². The van der Waals surface area contributed by atoms with Crippen LogP contribution in [0, 0.1) is 11.3 Å². The van der Waals surface area contributed by atoms with Gasteiger partial charge >= 0.3 is 12.3 Å². The van der Waals surface area contributed by atoms with Gasteiger partial charge in [-0.05, 0) is 61.1 Å². The Bertz CT molecular complexity index is 1050. The predicted molar refractivity (Wildman–Crippen MR) is 115 cm³/mol. The summed E-state index contributed by atoms with van der Waals surface area (Å²) in [5.74, 6) is -0.529. The normalized spacial score (nSPS) is 22.1. The molecule has 0 radical (unpaired) electrons. The number of fused-ring (bicyclic) bond motifs is 1. The second kappa shape index (κ2) is 8.92. The smallest absolute Gasteiger partial charge is 0.465 e. The number of allylic oxidation sites excluding steroid dienone is 1. The van der Waals surface area contributed by atoms with E-state index in [4.69, 9.17) is 4.74 Å². The maximum absolute atomic E-state index is 12.4. The molecule has 1 saturated carbocycles. The SMILES string of the molecule is C=C1CC2COC(=O)C2(Cc2ccc(C(=O)NCCc3ccc(OC(F)(F)F)cc3)cc2)C1. The van der Waals surface area contributed by atoms with Crippen molar-refractivity contribution < 1.29 is 32.2 Å². The molecule has 1 N–H and O–H groups in total. The van der Waals surface area contributed by atoms with E-state index in [9.17, 15) is 22.8 Å². The number of alkyl halides is 3. The summed E-state index contributed by atoms with van der Waals surface area (Å²) in [6.45, 7) is 4.82. The van der Waals surface area contributed by atoms with Gasteiger partial charge in [-0.25, -0.2) is 0 Å². The molecule has 174 valence electrons. The highest BCUT2D eigenvalue weighted by atomic mass is 19.4. The van der Waals surface area contributed by atoms with Gasteiger partial charge in [-0.1, -0.05) is 36.4 Å². The summed E-state index contributed by atoms with van der Waals surface area (Å²) in [6.07, 6.45) is -2.25. The van der Waals surface area contributed by atoms with Crippen LogP contribution in [0.5, 0.6) is 5.75 Å². The largest absolute Gasteiger partial charge is 0.573 e. The zero-order valence-electron chi connectivity index (χ0n) is 17.9. The molecule has 1 saturated heterocycles. The Kier molecular flexibility index (Phi) is 6.19. The summed E-state index contributed by atoms with van der Waals surface area (Å²) in [4.78, 5) is 24.9. The fourth-order valence-electron chi connectivity index (χ4n) is 4.68. The van der Waals surface area contributed by atoms with E-state index in [-0.39, 0.29) is 23.5 Å². The van der Waals surface area contributed by atoms with Gasteiger partial charge in [0, 0.05) is 18.0 Å². The molecular formula is C25H24F3NO4. The third-order valence-electron chi connectivity index (χ3n) is 6.30. The van der Waals surface area contributed by atoms with Crippen LogP contribution >= 0.6 is 0 Å². The molecule has 8 heteroatoms. The van der Waals surface area contributed by atoms with Gasteiger partial charge in [-0.15, -0.1) is 13.2 Å². The number of carbonyl (C=O) groups excluding carboxylic acids is 2.